The van der Waals surface area contributed by atoms with Crippen LogP contribution in [-0.2, 0) is 10.0 Å². The summed E-state index contributed by atoms with van der Waals surface area (Å²) < 4.78 is 27.0. The number of carbonyl (C=O) groups excluding carboxylic acids is 1. The molecule has 1 saturated heterocycles. The van der Waals surface area contributed by atoms with Crippen LogP contribution in [0.15, 0.2) is 29.2 Å². The van der Waals surface area contributed by atoms with Crippen molar-refractivity contribution in [2.24, 2.45) is 11.7 Å². The predicted molar refractivity (Wildman–Crippen MR) is 99.3 cm³/mol. The fourth-order valence-corrected chi connectivity index (χ4v) is 4.48. The molecule has 0 spiro atoms. The molecule has 3 rings (SSSR count). The molecule has 1 amide bonds. The van der Waals surface area contributed by atoms with Gasteiger partial charge in [0.1, 0.15) is 0 Å². The van der Waals surface area contributed by atoms with E-state index in [1.54, 1.807) is 12.1 Å². The molecule has 2 unspecified atom stereocenters. The SMILES string of the molecule is CC1CCN(C(=O)c2ccc(S(=O)(=O)NC3CC3)cc2)C(CN)C1.Cl. The van der Waals surface area contributed by atoms with E-state index in [2.05, 4.69) is 11.6 Å². The van der Waals surface area contributed by atoms with Crippen LogP contribution < -0.4 is 10.5 Å². The molecule has 140 valence electrons. The minimum atomic E-state index is -3.48. The van der Waals surface area contributed by atoms with Crippen molar-refractivity contribution in [3.05, 3.63) is 29.8 Å². The van der Waals surface area contributed by atoms with Gasteiger partial charge in [-0.05, 0) is 55.9 Å². The number of hydrogen-bond acceptors (Lipinski definition) is 4. The molecule has 6 nitrogen and oxygen atoms in total. The maximum atomic E-state index is 12.7. The smallest absolute Gasteiger partial charge is 0.254 e. The lowest BCUT2D eigenvalue weighted by atomic mass is 9.92. The first-order chi connectivity index (χ1) is 11.4. The van der Waals surface area contributed by atoms with Crippen molar-refractivity contribution < 1.29 is 13.2 Å². The number of carbonyl (C=O) groups is 1. The van der Waals surface area contributed by atoms with Crippen molar-refractivity contribution >= 4 is 28.3 Å². The van der Waals surface area contributed by atoms with Crippen LogP contribution in [0.5, 0.6) is 0 Å². The number of amides is 1. The second kappa shape index (κ2) is 8.03. The molecule has 0 aromatic heterocycles. The Kier molecular flexibility index (Phi) is 6.48. The average Bonchev–Trinajstić information content (AvgIpc) is 3.37. The van der Waals surface area contributed by atoms with Crippen LogP contribution >= 0.6 is 12.4 Å². The Hall–Kier alpha value is -1.15. The van der Waals surface area contributed by atoms with E-state index in [1.807, 2.05) is 4.90 Å². The molecule has 1 heterocycles. The zero-order valence-corrected chi connectivity index (χ0v) is 16.0. The fourth-order valence-electron chi connectivity index (χ4n) is 3.17. The summed E-state index contributed by atoms with van der Waals surface area (Å²) in [4.78, 5) is 14.8. The summed E-state index contributed by atoms with van der Waals surface area (Å²) in [7, 11) is -3.48. The highest BCUT2D eigenvalue weighted by atomic mass is 35.5. The van der Waals surface area contributed by atoms with Crippen LogP contribution in [0.4, 0.5) is 0 Å². The van der Waals surface area contributed by atoms with Crippen LogP contribution in [0, 0.1) is 5.92 Å². The molecule has 1 aliphatic carbocycles. The molecule has 1 aromatic carbocycles. The number of hydrogen-bond donors (Lipinski definition) is 2. The minimum absolute atomic E-state index is 0. The van der Waals surface area contributed by atoms with E-state index in [-0.39, 0.29) is 35.3 Å². The maximum absolute atomic E-state index is 12.7. The molecule has 1 aliphatic heterocycles. The average molecular weight is 388 g/mol. The highest BCUT2D eigenvalue weighted by Gasteiger charge is 2.30. The maximum Gasteiger partial charge on any atom is 0.254 e. The Morgan fingerprint density at radius 1 is 1.24 bits per heavy atom. The molecule has 2 fully saturated rings. The van der Waals surface area contributed by atoms with Gasteiger partial charge in [0.15, 0.2) is 0 Å². The monoisotopic (exact) mass is 387 g/mol. The molecule has 3 N–H and O–H groups in total. The first kappa shape index (κ1) is 20.2. The number of rotatable bonds is 5. The first-order valence-electron chi connectivity index (χ1n) is 8.54. The fraction of sp³-hybridized carbons (Fsp3) is 0.588. The molecule has 25 heavy (non-hydrogen) atoms. The van der Waals surface area contributed by atoms with Crippen molar-refractivity contribution in [3.63, 3.8) is 0 Å². The lowest BCUT2D eigenvalue weighted by molar-refractivity contribution is 0.0573. The molecule has 1 aromatic rings. The summed E-state index contributed by atoms with van der Waals surface area (Å²) in [6.45, 7) is 3.33. The van der Waals surface area contributed by atoms with Crippen LogP contribution in [0.25, 0.3) is 0 Å². The summed E-state index contributed by atoms with van der Waals surface area (Å²) in [5, 5.41) is 0. The van der Waals surface area contributed by atoms with Gasteiger partial charge in [0, 0.05) is 30.7 Å². The molecule has 1 saturated carbocycles. The highest BCUT2D eigenvalue weighted by molar-refractivity contribution is 7.89. The van der Waals surface area contributed by atoms with Gasteiger partial charge in [-0.3, -0.25) is 4.79 Å². The summed E-state index contributed by atoms with van der Waals surface area (Å²) in [5.74, 6) is 0.500. The normalized spacial score (nSPS) is 23.8. The van der Waals surface area contributed by atoms with E-state index in [0.29, 0.717) is 24.6 Å². The van der Waals surface area contributed by atoms with Gasteiger partial charge in [-0.25, -0.2) is 13.1 Å². The number of halogens is 1. The third kappa shape index (κ3) is 4.73. The summed E-state index contributed by atoms with van der Waals surface area (Å²) in [5.41, 5.74) is 6.33. The number of nitrogens with zero attached hydrogens (tertiary/aromatic N) is 1. The largest absolute Gasteiger partial charge is 0.334 e. The Morgan fingerprint density at radius 2 is 1.88 bits per heavy atom. The Bertz CT molecular complexity index is 704. The molecule has 0 radical (unpaired) electrons. The van der Waals surface area contributed by atoms with Crippen molar-refractivity contribution in [2.45, 2.75) is 49.6 Å². The minimum Gasteiger partial charge on any atom is -0.334 e. The predicted octanol–water partition coefficient (Wildman–Crippen LogP) is 1.75. The number of likely N-dealkylation sites (tertiary alicyclic amines) is 1. The van der Waals surface area contributed by atoms with Crippen LogP contribution in [0.2, 0.25) is 0 Å². The van der Waals surface area contributed by atoms with Crippen molar-refractivity contribution in [2.75, 3.05) is 13.1 Å². The van der Waals surface area contributed by atoms with E-state index in [0.717, 1.165) is 25.7 Å². The van der Waals surface area contributed by atoms with Gasteiger partial charge in [-0.2, -0.15) is 0 Å². The van der Waals surface area contributed by atoms with Gasteiger partial charge >= 0.3 is 0 Å². The first-order valence-corrected chi connectivity index (χ1v) is 10.0. The van der Waals surface area contributed by atoms with E-state index >= 15 is 0 Å². The molecule has 8 heteroatoms. The molecule has 2 atom stereocenters. The second-order valence-electron chi connectivity index (χ2n) is 6.94. The van der Waals surface area contributed by atoms with Gasteiger partial charge in [-0.15, -0.1) is 12.4 Å². The lowest BCUT2D eigenvalue weighted by Gasteiger charge is -2.38. The quantitative estimate of drug-likeness (QED) is 0.804. The second-order valence-corrected chi connectivity index (χ2v) is 8.65. The number of nitrogens with two attached hydrogens (primary N) is 1. The van der Waals surface area contributed by atoms with Gasteiger partial charge in [-0.1, -0.05) is 6.92 Å². The molecule has 0 bridgehead atoms. The number of sulfonamides is 1. The lowest BCUT2D eigenvalue weighted by Crippen LogP contribution is -2.49. The zero-order chi connectivity index (χ0) is 17.3. The summed E-state index contributed by atoms with van der Waals surface area (Å²) in [6.07, 6.45) is 3.67. The van der Waals surface area contributed by atoms with E-state index < -0.39 is 10.0 Å². The zero-order valence-electron chi connectivity index (χ0n) is 14.3. The van der Waals surface area contributed by atoms with E-state index in [4.69, 9.17) is 5.73 Å². The summed E-state index contributed by atoms with van der Waals surface area (Å²) >= 11 is 0. The Balaban J connectivity index is 0.00000225. The molecular weight excluding hydrogens is 362 g/mol. The third-order valence-electron chi connectivity index (χ3n) is 4.82. The number of nitrogens with one attached hydrogen (secondary N) is 1. The standard InChI is InChI=1S/C17H25N3O3S.ClH/c1-12-8-9-20(15(10-12)11-18)17(21)13-2-6-16(7-3-13)24(22,23)19-14-4-5-14;/h2-3,6-7,12,14-15,19H,4-5,8-11,18H2,1H3;1H. The van der Waals surface area contributed by atoms with Crippen molar-refractivity contribution in [1.82, 2.24) is 9.62 Å². The Morgan fingerprint density at radius 3 is 2.44 bits per heavy atom. The molecular formula is C17H26ClN3O3S. The highest BCUT2D eigenvalue weighted by Crippen LogP contribution is 2.25. The summed E-state index contributed by atoms with van der Waals surface area (Å²) in [6, 6.07) is 6.31. The van der Waals surface area contributed by atoms with Gasteiger partial charge < -0.3 is 10.6 Å². The van der Waals surface area contributed by atoms with Crippen LogP contribution in [0.3, 0.4) is 0 Å². The van der Waals surface area contributed by atoms with E-state index in [1.165, 1.54) is 12.1 Å². The van der Waals surface area contributed by atoms with E-state index in [9.17, 15) is 13.2 Å². The third-order valence-corrected chi connectivity index (χ3v) is 6.36. The van der Waals surface area contributed by atoms with Crippen LogP contribution in [0.1, 0.15) is 43.0 Å². The van der Waals surface area contributed by atoms with Crippen LogP contribution in [-0.4, -0.2) is 44.4 Å². The molecule has 2 aliphatic rings. The number of piperidine rings is 1. The van der Waals surface area contributed by atoms with Crippen molar-refractivity contribution in [3.8, 4) is 0 Å². The van der Waals surface area contributed by atoms with Gasteiger partial charge in [0.2, 0.25) is 10.0 Å². The number of benzene rings is 1. The van der Waals surface area contributed by atoms with Crippen molar-refractivity contribution in [1.29, 1.82) is 0 Å². The van der Waals surface area contributed by atoms with Gasteiger partial charge in [0.25, 0.3) is 5.91 Å². The topological polar surface area (TPSA) is 92.5 Å². The Labute approximate surface area is 155 Å². The van der Waals surface area contributed by atoms with Gasteiger partial charge in [0.05, 0.1) is 4.90 Å².